The van der Waals surface area contributed by atoms with Crippen molar-refractivity contribution in [3.63, 3.8) is 0 Å². The quantitative estimate of drug-likeness (QED) is 0.893. The van der Waals surface area contributed by atoms with Gasteiger partial charge >= 0.3 is 0 Å². The van der Waals surface area contributed by atoms with Crippen LogP contribution in [-0.4, -0.2) is 12.1 Å². The highest BCUT2D eigenvalue weighted by Crippen LogP contribution is 2.29. The van der Waals surface area contributed by atoms with Crippen molar-refractivity contribution in [3.05, 3.63) is 29.3 Å². The third-order valence-corrected chi connectivity index (χ3v) is 3.88. The summed E-state index contributed by atoms with van der Waals surface area (Å²) < 4.78 is 5.97. The molecule has 0 heterocycles. The summed E-state index contributed by atoms with van der Waals surface area (Å²) in [5.41, 5.74) is 6.12. The Morgan fingerprint density at radius 3 is 2.65 bits per heavy atom. The summed E-state index contributed by atoms with van der Waals surface area (Å²) in [5, 5.41) is 0.733. The SMILES string of the molecule is CCC1CCC(N)C(Oc2ccc(Cl)cc2)C1. The van der Waals surface area contributed by atoms with Crippen LogP contribution in [0.1, 0.15) is 32.6 Å². The van der Waals surface area contributed by atoms with E-state index in [1.54, 1.807) is 0 Å². The van der Waals surface area contributed by atoms with Gasteiger partial charge in [-0.1, -0.05) is 24.9 Å². The van der Waals surface area contributed by atoms with E-state index in [0.717, 1.165) is 29.5 Å². The summed E-state index contributed by atoms with van der Waals surface area (Å²) in [7, 11) is 0. The Balaban J connectivity index is 1.98. The van der Waals surface area contributed by atoms with Crippen molar-refractivity contribution in [2.45, 2.75) is 44.8 Å². The summed E-state index contributed by atoms with van der Waals surface area (Å²) in [4.78, 5) is 0. The minimum atomic E-state index is 0.148. The lowest BCUT2D eigenvalue weighted by atomic mass is 9.83. The van der Waals surface area contributed by atoms with Crippen LogP contribution in [0.25, 0.3) is 0 Å². The van der Waals surface area contributed by atoms with Crippen molar-refractivity contribution in [2.75, 3.05) is 0 Å². The third-order valence-electron chi connectivity index (χ3n) is 3.63. The Kier molecular flexibility index (Phi) is 4.30. The Morgan fingerprint density at radius 1 is 1.29 bits per heavy atom. The van der Waals surface area contributed by atoms with Crippen molar-refractivity contribution in [1.29, 1.82) is 0 Å². The molecule has 94 valence electrons. The molecule has 1 aromatic rings. The van der Waals surface area contributed by atoms with Crippen LogP contribution >= 0.6 is 11.6 Å². The first-order valence-corrected chi connectivity index (χ1v) is 6.74. The van der Waals surface area contributed by atoms with E-state index in [1.807, 2.05) is 24.3 Å². The average molecular weight is 254 g/mol. The largest absolute Gasteiger partial charge is 0.489 e. The summed E-state index contributed by atoms with van der Waals surface area (Å²) >= 11 is 5.85. The molecule has 3 heteroatoms. The molecule has 2 N–H and O–H groups in total. The summed E-state index contributed by atoms with van der Waals surface area (Å²) in [5.74, 6) is 1.62. The normalized spacial score (nSPS) is 29.0. The molecule has 0 radical (unpaired) electrons. The van der Waals surface area contributed by atoms with Crippen molar-refractivity contribution in [1.82, 2.24) is 0 Å². The second-order valence-electron chi connectivity index (χ2n) is 4.86. The number of hydrogen-bond acceptors (Lipinski definition) is 2. The fourth-order valence-electron chi connectivity index (χ4n) is 2.43. The van der Waals surface area contributed by atoms with Gasteiger partial charge in [0.05, 0.1) is 0 Å². The smallest absolute Gasteiger partial charge is 0.119 e. The van der Waals surface area contributed by atoms with Gasteiger partial charge in [-0.3, -0.25) is 0 Å². The highest BCUT2D eigenvalue weighted by molar-refractivity contribution is 6.30. The highest BCUT2D eigenvalue weighted by Gasteiger charge is 2.28. The topological polar surface area (TPSA) is 35.2 Å². The Bertz CT molecular complexity index is 352. The maximum Gasteiger partial charge on any atom is 0.119 e. The molecule has 0 aromatic heterocycles. The molecule has 2 nitrogen and oxygen atoms in total. The van der Waals surface area contributed by atoms with Crippen molar-refractivity contribution < 1.29 is 4.74 Å². The van der Waals surface area contributed by atoms with E-state index in [4.69, 9.17) is 22.1 Å². The lowest BCUT2D eigenvalue weighted by Crippen LogP contribution is -2.43. The Morgan fingerprint density at radius 2 is 2.00 bits per heavy atom. The van der Waals surface area contributed by atoms with Crippen LogP contribution in [0, 0.1) is 5.92 Å². The zero-order valence-corrected chi connectivity index (χ0v) is 11.0. The van der Waals surface area contributed by atoms with Crippen LogP contribution in [0.3, 0.4) is 0 Å². The molecule has 0 bridgehead atoms. The van der Waals surface area contributed by atoms with Gasteiger partial charge in [-0.15, -0.1) is 0 Å². The Hall–Kier alpha value is -0.730. The Labute approximate surface area is 108 Å². The molecule has 1 saturated carbocycles. The second-order valence-corrected chi connectivity index (χ2v) is 5.30. The van der Waals surface area contributed by atoms with Crippen LogP contribution < -0.4 is 10.5 Å². The minimum absolute atomic E-state index is 0.148. The van der Waals surface area contributed by atoms with Crippen molar-refractivity contribution in [3.8, 4) is 5.75 Å². The monoisotopic (exact) mass is 253 g/mol. The molecular weight excluding hydrogens is 234 g/mol. The predicted octanol–water partition coefficient (Wildman–Crippen LogP) is 3.62. The first kappa shape index (κ1) is 12.7. The molecule has 3 unspecified atom stereocenters. The van der Waals surface area contributed by atoms with Crippen molar-refractivity contribution >= 4 is 11.6 Å². The van der Waals surface area contributed by atoms with Gasteiger partial charge in [0.1, 0.15) is 11.9 Å². The average Bonchev–Trinajstić information content (AvgIpc) is 2.35. The fraction of sp³-hybridized carbons (Fsp3) is 0.571. The first-order chi connectivity index (χ1) is 8.19. The van der Waals surface area contributed by atoms with Crippen LogP contribution in [0.15, 0.2) is 24.3 Å². The molecule has 17 heavy (non-hydrogen) atoms. The third kappa shape index (κ3) is 3.36. The summed E-state index contributed by atoms with van der Waals surface area (Å²) in [6, 6.07) is 7.67. The van der Waals surface area contributed by atoms with E-state index in [0.29, 0.717) is 0 Å². The number of benzene rings is 1. The van der Waals surface area contributed by atoms with Gasteiger partial charge < -0.3 is 10.5 Å². The fourth-order valence-corrected chi connectivity index (χ4v) is 2.56. The lowest BCUT2D eigenvalue weighted by Gasteiger charge is -2.33. The standard InChI is InChI=1S/C14H20ClNO/c1-2-10-3-8-13(16)14(9-10)17-12-6-4-11(15)5-7-12/h4-7,10,13-14H,2-3,8-9,16H2,1H3. The number of halogens is 1. The van der Waals surface area contributed by atoms with Crippen molar-refractivity contribution in [2.24, 2.45) is 11.7 Å². The summed E-state index contributed by atoms with van der Waals surface area (Å²) in [6.45, 7) is 2.24. The van der Waals surface area contributed by atoms with Gasteiger partial charge in [0, 0.05) is 11.1 Å². The molecule has 2 rings (SSSR count). The van der Waals surface area contributed by atoms with Crippen LogP contribution in [0.4, 0.5) is 0 Å². The van der Waals surface area contributed by atoms with Crippen LogP contribution in [-0.2, 0) is 0 Å². The predicted molar refractivity (Wildman–Crippen MR) is 71.5 cm³/mol. The molecule has 0 amide bonds. The number of nitrogens with two attached hydrogens (primary N) is 1. The number of ether oxygens (including phenoxy) is 1. The van der Waals surface area contributed by atoms with Gasteiger partial charge in [0.25, 0.3) is 0 Å². The number of rotatable bonds is 3. The number of hydrogen-bond donors (Lipinski definition) is 1. The molecule has 1 aromatic carbocycles. The lowest BCUT2D eigenvalue weighted by molar-refractivity contribution is 0.101. The van der Waals surface area contributed by atoms with Crippen LogP contribution in [0.2, 0.25) is 5.02 Å². The van der Waals surface area contributed by atoms with Crippen LogP contribution in [0.5, 0.6) is 5.75 Å². The maximum atomic E-state index is 6.12. The zero-order chi connectivity index (χ0) is 12.3. The molecule has 1 fully saturated rings. The van der Waals surface area contributed by atoms with Gasteiger partial charge in [0.15, 0.2) is 0 Å². The first-order valence-electron chi connectivity index (χ1n) is 6.37. The van der Waals surface area contributed by atoms with E-state index in [2.05, 4.69) is 6.92 Å². The van der Waals surface area contributed by atoms with E-state index in [-0.39, 0.29) is 12.1 Å². The molecule has 0 spiro atoms. The molecule has 0 aliphatic heterocycles. The van der Waals surface area contributed by atoms with E-state index in [9.17, 15) is 0 Å². The van der Waals surface area contributed by atoms with Gasteiger partial charge in [0.2, 0.25) is 0 Å². The van der Waals surface area contributed by atoms with E-state index in [1.165, 1.54) is 12.8 Å². The molecule has 1 aliphatic rings. The van der Waals surface area contributed by atoms with E-state index >= 15 is 0 Å². The maximum absolute atomic E-state index is 6.12. The minimum Gasteiger partial charge on any atom is -0.489 e. The molecule has 3 atom stereocenters. The molecular formula is C14H20ClNO. The van der Waals surface area contributed by atoms with Gasteiger partial charge in [-0.2, -0.15) is 0 Å². The van der Waals surface area contributed by atoms with Gasteiger partial charge in [-0.25, -0.2) is 0 Å². The zero-order valence-electron chi connectivity index (χ0n) is 10.2. The second kappa shape index (κ2) is 5.74. The molecule has 1 aliphatic carbocycles. The van der Waals surface area contributed by atoms with Gasteiger partial charge in [-0.05, 0) is 49.4 Å². The highest BCUT2D eigenvalue weighted by atomic mass is 35.5. The summed E-state index contributed by atoms with van der Waals surface area (Å²) in [6.07, 6.45) is 4.73. The van der Waals surface area contributed by atoms with E-state index < -0.39 is 0 Å². The molecule has 0 saturated heterocycles.